The first-order valence-corrected chi connectivity index (χ1v) is 10.7. The van der Waals surface area contributed by atoms with Gasteiger partial charge in [-0.3, -0.25) is 0 Å². The van der Waals surface area contributed by atoms with E-state index in [1.165, 1.54) is 22.0 Å². The normalized spacial score (nSPS) is 10.2. The van der Waals surface area contributed by atoms with Gasteiger partial charge in [-0.25, -0.2) is 9.78 Å². The van der Waals surface area contributed by atoms with E-state index in [1.54, 1.807) is 23.7 Å². The molecule has 0 aliphatic heterocycles. The topological polar surface area (TPSA) is 57.2 Å². The van der Waals surface area contributed by atoms with E-state index in [1.807, 2.05) is 10.8 Å². The lowest BCUT2D eigenvalue weighted by Gasteiger charge is -2.05. The van der Waals surface area contributed by atoms with E-state index in [-0.39, 0.29) is 0 Å². The second-order valence-corrected chi connectivity index (χ2v) is 8.00. The van der Waals surface area contributed by atoms with Crippen molar-refractivity contribution in [3.05, 3.63) is 0 Å². The van der Waals surface area contributed by atoms with Crippen molar-refractivity contribution < 1.29 is 24.0 Å². The largest absolute Gasteiger partial charge is 0.389 e. The van der Waals surface area contributed by atoms with Crippen LogP contribution in [0.5, 0.6) is 0 Å². The molecular formula is C7H19O5PS4. The predicted octanol–water partition coefficient (Wildman–Crippen LogP) is 4.41. The van der Waals surface area contributed by atoms with Gasteiger partial charge in [-0.15, -0.1) is 0 Å². The van der Waals surface area contributed by atoms with Gasteiger partial charge < -0.3 is 4.89 Å². The van der Waals surface area contributed by atoms with Crippen molar-refractivity contribution >= 4 is 50.7 Å². The zero-order valence-electron chi connectivity index (χ0n) is 10.0. The highest BCUT2D eigenvalue weighted by Crippen LogP contribution is 2.36. The number of hydrogen-bond donors (Lipinski definition) is 2. The Hall–Kier alpha value is 1.63. The summed E-state index contributed by atoms with van der Waals surface area (Å²) in [5.74, 6) is 1.23. The van der Waals surface area contributed by atoms with Gasteiger partial charge in [-0.2, -0.15) is 9.35 Å². The van der Waals surface area contributed by atoms with E-state index >= 15 is 0 Å². The first-order valence-electron chi connectivity index (χ1n) is 4.90. The van der Waals surface area contributed by atoms with Crippen LogP contribution < -0.4 is 0 Å². The third-order valence-corrected chi connectivity index (χ3v) is 6.06. The van der Waals surface area contributed by atoms with Crippen LogP contribution in [-0.4, -0.2) is 23.9 Å². The average Bonchev–Trinajstić information content (AvgIpc) is 2.35. The van der Waals surface area contributed by atoms with Gasteiger partial charge in [-0.1, -0.05) is 29.4 Å². The second-order valence-electron chi connectivity index (χ2n) is 2.16. The Bertz CT molecular complexity index is 125. The van der Waals surface area contributed by atoms with E-state index < -0.39 is 8.60 Å². The molecule has 0 aliphatic rings. The summed E-state index contributed by atoms with van der Waals surface area (Å²) in [6.07, 6.45) is 1.26. The van der Waals surface area contributed by atoms with Crippen molar-refractivity contribution in [2.24, 2.45) is 0 Å². The van der Waals surface area contributed by atoms with Crippen molar-refractivity contribution in [3.8, 4) is 0 Å². The molecule has 1 N–H and O–H groups in total. The molecule has 0 heterocycles. The van der Waals surface area contributed by atoms with Gasteiger partial charge in [0.2, 0.25) is 0 Å². The third-order valence-electron chi connectivity index (χ3n) is 0.835. The van der Waals surface area contributed by atoms with Crippen LogP contribution in [0.25, 0.3) is 0 Å². The molecule has 0 aromatic carbocycles. The van der Waals surface area contributed by atoms with Crippen molar-refractivity contribution in [2.75, 3.05) is 19.0 Å². The van der Waals surface area contributed by atoms with Crippen LogP contribution in [0.4, 0.5) is 0 Å². The molecule has 0 unspecified atom stereocenters. The van der Waals surface area contributed by atoms with Crippen molar-refractivity contribution in [1.82, 2.24) is 0 Å². The molecule has 10 heteroatoms. The van der Waals surface area contributed by atoms with Gasteiger partial charge in [0.1, 0.15) is 0 Å². The standard InChI is InChI=1S/C4H11O5P.C3H8S4/c1-3-6-8-10(5)9-7-4-2;1-2-3-5-7-6-4/h5H,3-4H2,1-2H3;4H,2-3H2,1H3. The van der Waals surface area contributed by atoms with Crippen LogP contribution in [0.3, 0.4) is 0 Å². The van der Waals surface area contributed by atoms with Crippen LogP contribution in [0, 0.1) is 0 Å². The summed E-state index contributed by atoms with van der Waals surface area (Å²) in [7, 11) is 3.07. The molecule has 0 radical (unpaired) electrons. The summed E-state index contributed by atoms with van der Waals surface area (Å²) >= 11 is 3.95. The first kappa shape index (κ1) is 20.9. The van der Waals surface area contributed by atoms with E-state index in [4.69, 9.17) is 4.89 Å². The van der Waals surface area contributed by atoms with Crippen molar-refractivity contribution in [3.63, 3.8) is 0 Å². The summed E-state index contributed by atoms with van der Waals surface area (Å²) in [6, 6.07) is 0. The molecule has 0 amide bonds. The minimum atomic E-state index is -2.04. The fourth-order valence-corrected chi connectivity index (χ4v) is 4.04. The molecule has 0 bridgehead atoms. The number of hydrogen-bond acceptors (Lipinski definition) is 9. The maximum Gasteiger partial charge on any atom is 0.389 e. The van der Waals surface area contributed by atoms with Gasteiger partial charge in [0.15, 0.2) is 0 Å². The SMILES string of the molecule is CCCSSSS.CCOOP(O)OOCC. The van der Waals surface area contributed by atoms with Gasteiger partial charge in [0.05, 0.1) is 13.2 Å². The van der Waals surface area contributed by atoms with Crippen LogP contribution in [-0.2, 0) is 19.1 Å². The molecule has 0 aliphatic carbocycles. The Morgan fingerprint density at radius 1 is 1.12 bits per heavy atom. The maximum atomic E-state index is 8.68. The van der Waals surface area contributed by atoms with Gasteiger partial charge in [-0.05, 0) is 39.9 Å². The Morgan fingerprint density at radius 3 is 2.00 bits per heavy atom. The summed E-state index contributed by atoms with van der Waals surface area (Å²) in [4.78, 5) is 17.4. The number of thiol groups is 1. The summed E-state index contributed by atoms with van der Waals surface area (Å²) in [5, 5.41) is 0. The van der Waals surface area contributed by atoms with E-state index in [0.717, 1.165) is 0 Å². The van der Waals surface area contributed by atoms with Crippen molar-refractivity contribution in [1.29, 1.82) is 0 Å². The number of rotatable bonds is 10. The molecule has 0 fully saturated rings. The van der Waals surface area contributed by atoms with E-state index in [2.05, 4.69) is 37.7 Å². The van der Waals surface area contributed by atoms with Crippen LogP contribution in [0.1, 0.15) is 27.2 Å². The van der Waals surface area contributed by atoms with Crippen LogP contribution in [0.2, 0.25) is 0 Å². The third kappa shape index (κ3) is 23.2. The minimum absolute atomic E-state index is 0.356. The summed E-state index contributed by atoms with van der Waals surface area (Å²) in [5.41, 5.74) is 0. The molecule has 106 valence electrons. The van der Waals surface area contributed by atoms with Crippen molar-refractivity contribution in [2.45, 2.75) is 27.2 Å². The highest BCUT2D eigenvalue weighted by molar-refractivity contribution is 9.23. The van der Waals surface area contributed by atoms with Crippen LogP contribution >= 0.6 is 50.7 Å². The van der Waals surface area contributed by atoms with Gasteiger partial charge >= 0.3 is 8.60 Å². The Morgan fingerprint density at radius 2 is 1.65 bits per heavy atom. The van der Waals surface area contributed by atoms with Gasteiger partial charge in [0.25, 0.3) is 0 Å². The lowest BCUT2D eigenvalue weighted by Crippen LogP contribution is -1.93. The molecule has 0 saturated carbocycles. The molecule has 0 spiro atoms. The molecule has 0 aromatic heterocycles. The molecular weight excluding hydrogens is 323 g/mol. The Kier molecular flexibility index (Phi) is 24.6. The lowest BCUT2D eigenvalue weighted by molar-refractivity contribution is -0.263. The highest BCUT2D eigenvalue weighted by Gasteiger charge is 2.07. The fourth-order valence-electron chi connectivity index (χ4n) is 0.347. The minimum Gasteiger partial charge on any atom is -0.325 e. The van der Waals surface area contributed by atoms with Gasteiger partial charge in [0, 0.05) is 5.75 Å². The van der Waals surface area contributed by atoms with Crippen LogP contribution in [0.15, 0.2) is 0 Å². The molecule has 0 saturated heterocycles. The average molecular weight is 342 g/mol. The maximum absolute atomic E-state index is 8.68. The molecule has 0 atom stereocenters. The zero-order chi connectivity index (χ0) is 13.4. The summed E-state index contributed by atoms with van der Waals surface area (Å²) in [6.45, 7) is 6.34. The molecule has 0 rings (SSSR count). The quantitative estimate of drug-likeness (QED) is 0.151. The van der Waals surface area contributed by atoms with E-state index in [9.17, 15) is 0 Å². The molecule has 0 aromatic rings. The fraction of sp³-hybridized carbons (Fsp3) is 1.00. The monoisotopic (exact) mass is 342 g/mol. The Labute approximate surface area is 121 Å². The van der Waals surface area contributed by atoms with E-state index in [0.29, 0.717) is 13.2 Å². The predicted molar refractivity (Wildman–Crippen MR) is 81.5 cm³/mol. The first-order chi connectivity index (χ1) is 8.22. The highest BCUT2D eigenvalue weighted by atomic mass is 33.7. The molecule has 17 heavy (non-hydrogen) atoms. The molecule has 5 nitrogen and oxygen atoms in total. The zero-order valence-corrected chi connectivity index (χ0v) is 14.3. The second kappa shape index (κ2) is 20.0. The summed E-state index contributed by atoms with van der Waals surface area (Å²) < 4.78 is 8.53. The lowest BCUT2D eigenvalue weighted by atomic mass is 10.6. The Balaban J connectivity index is 0. The smallest absolute Gasteiger partial charge is 0.325 e.